The van der Waals surface area contributed by atoms with Crippen LogP contribution in [0.1, 0.15) is 5.56 Å². The van der Waals surface area contributed by atoms with Gasteiger partial charge in [-0.1, -0.05) is 23.7 Å². The number of nitrogens with zero attached hydrogens (tertiary/aromatic N) is 1. The average molecular weight is 304 g/mol. The minimum atomic E-state index is -0.576. The van der Waals surface area contributed by atoms with Crippen LogP contribution in [0, 0.1) is 0 Å². The van der Waals surface area contributed by atoms with Crippen molar-refractivity contribution in [3.05, 3.63) is 53.1 Å². The maximum Gasteiger partial charge on any atom is 0.268 e. The molecule has 1 aliphatic heterocycles. The van der Waals surface area contributed by atoms with E-state index in [9.17, 15) is 9.90 Å². The van der Waals surface area contributed by atoms with Crippen LogP contribution in [0.15, 0.2) is 42.5 Å². The highest BCUT2D eigenvalue weighted by Crippen LogP contribution is 2.36. The van der Waals surface area contributed by atoms with Gasteiger partial charge in [0.25, 0.3) is 5.91 Å². The Bertz CT molecular complexity index is 684. The van der Waals surface area contributed by atoms with Crippen molar-refractivity contribution in [3.63, 3.8) is 0 Å². The Labute approximate surface area is 127 Å². The number of halogens is 1. The number of amides is 1. The van der Waals surface area contributed by atoms with Crippen LogP contribution in [0.5, 0.6) is 11.5 Å². The van der Waals surface area contributed by atoms with Crippen LogP contribution in [0.4, 0.5) is 5.69 Å². The van der Waals surface area contributed by atoms with Gasteiger partial charge in [0, 0.05) is 24.6 Å². The van der Waals surface area contributed by atoms with Crippen molar-refractivity contribution in [1.82, 2.24) is 0 Å². The summed E-state index contributed by atoms with van der Waals surface area (Å²) >= 11 is 5.86. The molecule has 1 aliphatic rings. The zero-order chi connectivity index (χ0) is 15.0. The van der Waals surface area contributed by atoms with Crippen LogP contribution in [-0.2, 0) is 11.2 Å². The number of phenols is 1. The molecular weight excluding hydrogens is 290 g/mol. The molecule has 2 aromatic rings. The highest BCUT2D eigenvalue weighted by molar-refractivity contribution is 6.30. The molecule has 0 saturated heterocycles. The largest absolute Gasteiger partial charge is 0.508 e. The lowest BCUT2D eigenvalue weighted by Crippen LogP contribution is -2.44. The molecule has 0 aromatic heterocycles. The highest BCUT2D eigenvalue weighted by atomic mass is 35.5. The van der Waals surface area contributed by atoms with E-state index in [1.807, 2.05) is 12.1 Å². The molecule has 0 bridgehead atoms. The minimum absolute atomic E-state index is 0.105. The summed E-state index contributed by atoms with van der Waals surface area (Å²) in [5.74, 6) is 0.560. The number of aromatic hydroxyl groups is 1. The van der Waals surface area contributed by atoms with E-state index in [-0.39, 0.29) is 11.7 Å². The summed E-state index contributed by atoms with van der Waals surface area (Å²) in [6, 6.07) is 12.1. The van der Waals surface area contributed by atoms with Gasteiger partial charge < -0.3 is 14.7 Å². The van der Waals surface area contributed by atoms with Gasteiger partial charge in [0.2, 0.25) is 0 Å². The Morgan fingerprint density at radius 3 is 2.67 bits per heavy atom. The SMILES string of the molecule is CN1C(=O)C(Cc2ccc(Cl)cc2)Oc2ccc(O)cc21. The van der Waals surface area contributed by atoms with E-state index >= 15 is 0 Å². The second kappa shape index (κ2) is 5.30. The Balaban J connectivity index is 1.86. The van der Waals surface area contributed by atoms with Crippen molar-refractivity contribution in [1.29, 1.82) is 0 Å². The third kappa shape index (κ3) is 2.67. The van der Waals surface area contributed by atoms with Crippen molar-refractivity contribution in [3.8, 4) is 11.5 Å². The van der Waals surface area contributed by atoms with Gasteiger partial charge in [-0.2, -0.15) is 0 Å². The highest BCUT2D eigenvalue weighted by Gasteiger charge is 2.32. The zero-order valence-corrected chi connectivity index (χ0v) is 12.2. The van der Waals surface area contributed by atoms with Gasteiger partial charge in [-0.3, -0.25) is 4.79 Å². The summed E-state index contributed by atoms with van der Waals surface area (Å²) in [7, 11) is 1.68. The number of anilines is 1. The lowest BCUT2D eigenvalue weighted by molar-refractivity contribution is -0.125. The first-order valence-electron chi connectivity index (χ1n) is 6.56. The maximum atomic E-state index is 12.4. The van der Waals surface area contributed by atoms with Crippen LogP contribution in [0.25, 0.3) is 0 Å². The van der Waals surface area contributed by atoms with Crippen molar-refractivity contribution in [2.24, 2.45) is 0 Å². The van der Waals surface area contributed by atoms with E-state index in [0.29, 0.717) is 22.9 Å². The fraction of sp³-hybridized carbons (Fsp3) is 0.188. The number of likely N-dealkylation sites (N-methyl/N-ethyl adjacent to an activating group) is 1. The van der Waals surface area contributed by atoms with Crippen LogP contribution in [-0.4, -0.2) is 24.2 Å². The predicted octanol–water partition coefficient (Wildman–Crippen LogP) is 3.01. The predicted molar refractivity (Wildman–Crippen MR) is 81.1 cm³/mol. The Hall–Kier alpha value is -2.20. The molecule has 4 nitrogen and oxygen atoms in total. The first-order valence-corrected chi connectivity index (χ1v) is 6.94. The summed E-state index contributed by atoms with van der Waals surface area (Å²) in [4.78, 5) is 13.9. The Kier molecular flexibility index (Phi) is 3.47. The summed E-state index contributed by atoms with van der Waals surface area (Å²) in [5.41, 5.74) is 1.56. The zero-order valence-electron chi connectivity index (χ0n) is 11.4. The monoisotopic (exact) mass is 303 g/mol. The quantitative estimate of drug-likeness (QED) is 0.928. The Morgan fingerprint density at radius 1 is 1.24 bits per heavy atom. The summed E-state index contributed by atoms with van der Waals surface area (Å²) < 4.78 is 5.77. The number of hydrogen-bond donors (Lipinski definition) is 1. The molecule has 5 heteroatoms. The molecule has 21 heavy (non-hydrogen) atoms. The first kappa shape index (κ1) is 13.8. The van der Waals surface area contributed by atoms with Crippen LogP contribution < -0.4 is 9.64 Å². The molecule has 1 unspecified atom stereocenters. The molecule has 1 amide bonds. The molecule has 1 N–H and O–H groups in total. The number of ether oxygens (including phenoxy) is 1. The molecule has 108 valence electrons. The first-order chi connectivity index (χ1) is 10.0. The lowest BCUT2D eigenvalue weighted by atomic mass is 10.1. The molecule has 1 atom stereocenters. The van der Waals surface area contributed by atoms with Crippen molar-refractivity contribution in [2.75, 3.05) is 11.9 Å². The fourth-order valence-corrected chi connectivity index (χ4v) is 2.50. The van der Waals surface area contributed by atoms with Gasteiger partial charge in [0.1, 0.15) is 11.5 Å². The maximum absolute atomic E-state index is 12.4. The van der Waals surface area contributed by atoms with Gasteiger partial charge in [0.15, 0.2) is 6.10 Å². The van der Waals surface area contributed by atoms with Gasteiger partial charge >= 0.3 is 0 Å². The summed E-state index contributed by atoms with van der Waals surface area (Å²) in [6.07, 6.45) is -0.103. The fourth-order valence-electron chi connectivity index (χ4n) is 2.37. The number of rotatable bonds is 2. The average Bonchev–Trinajstić information content (AvgIpc) is 2.47. The normalized spacial score (nSPS) is 17.3. The van der Waals surface area contributed by atoms with E-state index < -0.39 is 6.10 Å². The van der Waals surface area contributed by atoms with Gasteiger partial charge in [0.05, 0.1) is 5.69 Å². The van der Waals surface area contributed by atoms with Gasteiger partial charge in [-0.15, -0.1) is 0 Å². The summed E-state index contributed by atoms with van der Waals surface area (Å²) in [5, 5.41) is 10.2. The summed E-state index contributed by atoms with van der Waals surface area (Å²) in [6.45, 7) is 0. The molecule has 2 aromatic carbocycles. The second-order valence-electron chi connectivity index (χ2n) is 4.99. The third-order valence-electron chi connectivity index (χ3n) is 3.51. The number of hydrogen-bond acceptors (Lipinski definition) is 3. The molecule has 1 heterocycles. The topological polar surface area (TPSA) is 49.8 Å². The number of carbonyl (C=O) groups excluding carboxylic acids is 1. The molecule has 0 spiro atoms. The van der Waals surface area contributed by atoms with E-state index in [4.69, 9.17) is 16.3 Å². The van der Waals surface area contributed by atoms with E-state index in [1.54, 1.807) is 31.3 Å². The Morgan fingerprint density at radius 2 is 1.95 bits per heavy atom. The van der Waals surface area contributed by atoms with E-state index in [0.717, 1.165) is 5.56 Å². The smallest absolute Gasteiger partial charge is 0.268 e. The van der Waals surface area contributed by atoms with Gasteiger partial charge in [-0.05, 0) is 29.8 Å². The number of phenolic OH excluding ortho intramolecular Hbond substituents is 1. The molecule has 0 radical (unpaired) electrons. The molecular formula is C16H14ClNO3. The number of carbonyl (C=O) groups is 1. The van der Waals surface area contributed by atoms with Crippen molar-refractivity contribution >= 4 is 23.2 Å². The number of fused-ring (bicyclic) bond motifs is 1. The minimum Gasteiger partial charge on any atom is -0.508 e. The van der Waals surface area contributed by atoms with Crippen LogP contribution >= 0.6 is 11.6 Å². The molecule has 0 aliphatic carbocycles. The third-order valence-corrected chi connectivity index (χ3v) is 3.77. The van der Waals surface area contributed by atoms with Crippen LogP contribution in [0.2, 0.25) is 5.02 Å². The second-order valence-corrected chi connectivity index (χ2v) is 5.42. The number of benzene rings is 2. The lowest BCUT2D eigenvalue weighted by Gasteiger charge is -2.32. The molecule has 0 fully saturated rings. The van der Waals surface area contributed by atoms with Crippen LogP contribution in [0.3, 0.4) is 0 Å². The van der Waals surface area contributed by atoms with E-state index in [1.165, 1.54) is 11.0 Å². The van der Waals surface area contributed by atoms with Gasteiger partial charge in [-0.25, -0.2) is 0 Å². The van der Waals surface area contributed by atoms with Crippen molar-refractivity contribution < 1.29 is 14.6 Å². The molecule has 3 rings (SSSR count). The standard InChI is InChI=1S/C16H14ClNO3/c1-18-13-9-12(19)6-7-14(13)21-15(16(18)20)8-10-2-4-11(17)5-3-10/h2-7,9,15,19H,8H2,1H3. The van der Waals surface area contributed by atoms with Crippen molar-refractivity contribution in [2.45, 2.75) is 12.5 Å². The molecule has 0 saturated carbocycles. The van der Waals surface area contributed by atoms with E-state index in [2.05, 4.69) is 0 Å².